The Kier molecular flexibility index (Phi) is 65.0. The van der Waals surface area contributed by atoms with Gasteiger partial charge in [0.15, 0.2) is 12.2 Å². The second-order valence-corrected chi connectivity index (χ2v) is 32.3. The van der Waals surface area contributed by atoms with Crippen molar-refractivity contribution in [3.05, 3.63) is 0 Å². The van der Waals surface area contributed by atoms with E-state index in [-0.39, 0.29) is 25.7 Å². The zero-order chi connectivity index (χ0) is 71.0. The first-order valence-corrected chi connectivity index (χ1v) is 42.7. The number of ether oxygens (including phenoxy) is 4. The third-order valence-corrected chi connectivity index (χ3v) is 20.1. The lowest BCUT2D eigenvalue weighted by Crippen LogP contribution is -2.30. The molecule has 0 bridgehead atoms. The second kappa shape index (κ2) is 66.3. The maximum atomic E-state index is 13.1. The number of aliphatic hydroxyl groups excluding tert-OH is 1. The molecule has 6 atom stereocenters. The van der Waals surface area contributed by atoms with Gasteiger partial charge in [0.2, 0.25) is 0 Å². The van der Waals surface area contributed by atoms with E-state index in [4.69, 9.17) is 37.0 Å². The average Bonchev–Trinajstić information content (AvgIpc) is 1.64. The van der Waals surface area contributed by atoms with Crippen LogP contribution in [0.3, 0.4) is 0 Å². The molecule has 3 unspecified atom stereocenters. The van der Waals surface area contributed by atoms with Crippen molar-refractivity contribution in [1.82, 2.24) is 0 Å². The summed E-state index contributed by atoms with van der Waals surface area (Å²) >= 11 is 0. The highest BCUT2D eigenvalue weighted by atomic mass is 31.2. The van der Waals surface area contributed by atoms with Crippen LogP contribution in [0.1, 0.15) is 389 Å². The van der Waals surface area contributed by atoms with Gasteiger partial charge in [0.1, 0.15) is 19.3 Å². The molecule has 0 radical (unpaired) electrons. The normalized spacial score (nSPS) is 14.4. The van der Waals surface area contributed by atoms with Crippen LogP contribution in [0, 0.1) is 23.7 Å². The van der Waals surface area contributed by atoms with Gasteiger partial charge in [-0.15, -0.1) is 0 Å². The Labute approximate surface area is 588 Å². The van der Waals surface area contributed by atoms with Gasteiger partial charge in [-0.1, -0.05) is 338 Å². The van der Waals surface area contributed by atoms with Crippen molar-refractivity contribution >= 4 is 39.5 Å². The van der Waals surface area contributed by atoms with Gasteiger partial charge in [-0.25, -0.2) is 9.13 Å². The summed E-state index contributed by atoms with van der Waals surface area (Å²) in [6, 6.07) is 0. The molecule has 0 aliphatic carbocycles. The first-order valence-electron chi connectivity index (χ1n) is 39.7. The van der Waals surface area contributed by atoms with Crippen molar-refractivity contribution in [2.24, 2.45) is 23.7 Å². The molecule has 17 nitrogen and oxygen atoms in total. The Morgan fingerprint density at radius 2 is 0.500 bits per heavy atom. The minimum Gasteiger partial charge on any atom is -0.462 e. The van der Waals surface area contributed by atoms with Crippen molar-refractivity contribution in [1.29, 1.82) is 0 Å². The summed E-state index contributed by atoms with van der Waals surface area (Å²) in [4.78, 5) is 72.8. The zero-order valence-corrected chi connectivity index (χ0v) is 64.8. The smallest absolute Gasteiger partial charge is 0.462 e. The Morgan fingerprint density at radius 1 is 0.292 bits per heavy atom. The predicted octanol–water partition coefficient (Wildman–Crippen LogP) is 22.4. The summed E-state index contributed by atoms with van der Waals surface area (Å²) in [5.41, 5.74) is 0. The molecular formula is C77H150O17P2. The summed E-state index contributed by atoms with van der Waals surface area (Å²) in [6.07, 6.45) is 51.4. The molecule has 0 fully saturated rings. The minimum absolute atomic E-state index is 0.106. The highest BCUT2D eigenvalue weighted by Crippen LogP contribution is 2.45. The van der Waals surface area contributed by atoms with Crippen LogP contribution in [0.2, 0.25) is 0 Å². The van der Waals surface area contributed by atoms with Crippen molar-refractivity contribution < 1.29 is 80.2 Å². The van der Waals surface area contributed by atoms with Gasteiger partial charge < -0.3 is 33.8 Å². The summed E-state index contributed by atoms with van der Waals surface area (Å²) in [7, 11) is -9.91. The number of carbonyl (C=O) groups excluding carboxylic acids is 4. The molecule has 0 aromatic carbocycles. The van der Waals surface area contributed by atoms with Crippen LogP contribution in [0.25, 0.3) is 0 Å². The second-order valence-electron chi connectivity index (χ2n) is 29.4. The predicted molar refractivity (Wildman–Crippen MR) is 391 cm³/mol. The maximum absolute atomic E-state index is 13.1. The van der Waals surface area contributed by atoms with E-state index in [1.54, 1.807) is 0 Å². The number of phosphoric acid groups is 2. The van der Waals surface area contributed by atoms with Crippen LogP contribution >= 0.6 is 15.6 Å². The highest BCUT2D eigenvalue weighted by Gasteiger charge is 2.30. The lowest BCUT2D eigenvalue weighted by Gasteiger charge is -2.21. The SMILES string of the molecule is CCC(C)CCCCCCCCCCCCCCCCC(=O)O[C@H](COC(=O)CCCCCCCCC(C)C)COP(=O)(O)OC[C@H](O)COP(=O)(O)OC[C@@H](COC(=O)CCCCCCCCCCCCC(C)C)OC(=O)CCCCCCCCCCCCCCCC(C)C. The molecular weight excluding hydrogens is 1260 g/mol. The number of rotatable bonds is 74. The largest absolute Gasteiger partial charge is 0.472 e. The standard InChI is InChI=1S/C77H150O17P2/c1-9-70(8)56-48-40-31-25-18-14-10-11-15-19-27-33-43-51-59-77(82)94-73(64-88-75(80)58-50-42-36-35-39-47-55-69(6)7)66-92-96(85,86)90-62-71(78)61-89-95(83,84)91-65-72(63-87-74(79)57-49-41-32-26-22-21-24-30-38-46-54-68(4)5)93-76(81)60-52-44-34-28-20-16-12-13-17-23-29-37-45-53-67(2)3/h67-73,78H,9-66H2,1-8H3,(H,83,84)(H,85,86)/t70?,71-,72-,73-/m1/s1. The third kappa shape index (κ3) is 69.2. The van der Waals surface area contributed by atoms with E-state index in [0.29, 0.717) is 31.6 Å². The molecule has 0 heterocycles. The van der Waals surface area contributed by atoms with Crippen LogP contribution in [0.5, 0.6) is 0 Å². The molecule has 3 N–H and O–H groups in total. The van der Waals surface area contributed by atoms with Gasteiger partial charge in [-0.2, -0.15) is 0 Å². The van der Waals surface area contributed by atoms with Crippen LogP contribution < -0.4 is 0 Å². The number of unbranched alkanes of at least 4 members (excludes halogenated alkanes) is 39. The lowest BCUT2D eigenvalue weighted by atomic mass is 9.99. The average molecular weight is 1410 g/mol. The van der Waals surface area contributed by atoms with Gasteiger partial charge in [-0.05, 0) is 49.4 Å². The number of esters is 4. The fourth-order valence-corrected chi connectivity index (χ4v) is 13.3. The fraction of sp³-hybridized carbons (Fsp3) is 0.948. The van der Waals surface area contributed by atoms with E-state index in [1.165, 1.54) is 186 Å². The van der Waals surface area contributed by atoms with Crippen LogP contribution in [-0.2, 0) is 65.4 Å². The molecule has 0 saturated carbocycles. The van der Waals surface area contributed by atoms with Gasteiger partial charge in [-0.3, -0.25) is 37.3 Å². The molecule has 0 spiro atoms. The topological polar surface area (TPSA) is 237 Å². The van der Waals surface area contributed by atoms with Gasteiger partial charge in [0.05, 0.1) is 26.4 Å². The molecule has 0 saturated heterocycles. The summed E-state index contributed by atoms with van der Waals surface area (Å²) in [5, 5.41) is 10.6. The maximum Gasteiger partial charge on any atom is 0.472 e. The van der Waals surface area contributed by atoms with Crippen LogP contribution in [0.15, 0.2) is 0 Å². The van der Waals surface area contributed by atoms with E-state index >= 15 is 0 Å². The van der Waals surface area contributed by atoms with Crippen LogP contribution in [0.4, 0.5) is 0 Å². The summed E-state index contributed by atoms with van der Waals surface area (Å²) < 4.78 is 68.5. The molecule has 0 aromatic heterocycles. The first kappa shape index (κ1) is 94.1. The van der Waals surface area contributed by atoms with Crippen molar-refractivity contribution in [3.63, 3.8) is 0 Å². The van der Waals surface area contributed by atoms with Gasteiger partial charge in [0.25, 0.3) is 0 Å². The first-order chi connectivity index (χ1) is 46.1. The van der Waals surface area contributed by atoms with Crippen molar-refractivity contribution in [2.75, 3.05) is 39.6 Å². The summed E-state index contributed by atoms with van der Waals surface area (Å²) in [5.74, 6) is 0.949. The number of hydrogen-bond donors (Lipinski definition) is 3. The Balaban J connectivity index is 5.23. The van der Waals surface area contributed by atoms with E-state index in [1.807, 2.05) is 0 Å². The van der Waals surface area contributed by atoms with Crippen LogP contribution in [-0.4, -0.2) is 96.7 Å². The number of carbonyl (C=O) groups is 4. The highest BCUT2D eigenvalue weighted by molar-refractivity contribution is 7.47. The summed E-state index contributed by atoms with van der Waals surface area (Å²) in [6.45, 7) is 14.2. The number of hydrogen-bond acceptors (Lipinski definition) is 15. The van der Waals surface area contributed by atoms with E-state index in [2.05, 4.69) is 55.4 Å². The van der Waals surface area contributed by atoms with Gasteiger partial charge in [0, 0.05) is 25.7 Å². The van der Waals surface area contributed by atoms with Gasteiger partial charge >= 0.3 is 39.5 Å². The molecule has 96 heavy (non-hydrogen) atoms. The molecule has 0 aliphatic heterocycles. The Hall–Kier alpha value is -1.94. The van der Waals surface area contributed by atoms with E-state index in [9.17, 15) is 43.2 Å². The van der Waals surface area contributed by atoms with Crippen molar-refractivity contribution in [2.45, 2.75) is 408 Å². The monoisotopic (exact) mass is 1410 g/mol. The number of phosphoric ester groups is 2. The zero-order valence-electron chi connectivity index (χ0n) is 63.0. The van der Waals surface area contributed by atoms with Crippen molar-refractivity contribution in [3.8, 4) is 0 Å². The Bertz CT molecular complexity index is 1890. The van der Waals surface area contributed by atoms with E-state index < -0.39 is 97.5 Å². The molecule has 0 amide bonds. The quantitative estimate of drug-likeness (QED) is 0.0222. The molecule has 0 aromatic rings. The molecule has 0 aliphatic rings. The third-order valence-electron chi connectivity index (χ3n) is 18.2. The lowest BCUT2D eigenvalue weighted by molar-refractivity contribution is -0.161. The molecule has 19 heteroatoms. The molecule has 0 rings (SSSR count). The fourth-order valence-electron chi connectivity index (χ4n) is 11.7. The van der Waals surface area contributed by atoms with E-state index in [0.717, 1.165) is 114 Å². The Morgan fingerprint density at radius 3 is 0.740 bits per heavy atom. The molecule has 570 valence electrons. The minimum atomic E-state index is -4.96. The number of aliphatic hydroxyl groups is 1.